The zero-order valence-electron chi connectivity index (χ0n) is 21.9. The van der Waals surface area contributed by atoms with Gasteiger partial charge in [-0.3, -0.25) is 9.78 Å². The van der Waals surface area contributed by atoms with Crippen molar-refractivity contribution in [2.45, 2.75) is 71.2 Å². The van der Waals surface area contributed by atoms with E-state index in [1.807, 2.05) is 19.2 Å². The molecule has 1 aromatic heterocycles. The van der Waals surface area contributed by atoms with Crippen LogP contribution in [0.15, 0.2) is 42.6 Å². The number of aliphatic carboxylic acids is 1. The summed E-state index contributed by atoms with van der Waals surface area (Å²) < 4.78 is 12.4. The quantitative estimate of drug-likeness (QED) is 0.420. The van der Waals surface area contributed by atoms with Crippen LogP contribution < -0.4 is 9.80 Å². The number of aromatic nitrogens is 1. The second kappa shape index (κ2) is 11.4. The van der Waals surface area contributed by atoms with Gasteiger partial charge < -0.3 is 24.4 Å². The summed E-state index contributed by atoms with van der Waals surface area (Å²) in [7, 11) is 0. The van der Waals surface area contributed by atoms with Gasteiger partial charge in [0.05, 0.1) is 23.1 Å². The standard InChI is InChI=1S/C29H39N3O4/c1-5-31(6-2)24-14-12-23(30-20-24)13-15-25-29(4,17-18-35-7-3)32-26(36-25)19-22-10-8-9-21(28(22)32)11-16-27(33)34/h8-10,12-15,20,25-26H,5-7,11,16-19H2,1-4H3,(H,33,34). The molecule has 194 valence electrons. The molecular weight excluding hydrogens is 454 g/mol. The minimum absolute atomic E-state index is 0.0785. The Labute approximate surface area is 214 Å². The molecule has 0 amide bonds. The molecule has 3 heterocycles. The number of anilines is 2. The molecule has 0 aliphatic carbocycles. The van der Waals surface area contributed by atoms with Crippen LogP contribution >= 0.6 is 0 Å². The third-order valence-electron chi connectivity index (χ3n) is 7.50. The Morgan fingerprint density at radius 1 is 1.28 bits per heavy atom. The van der Waals surface area contributed by atoms with E-state index in [1.165, 1.54) is 5.56 Å². The van der Waals surface area contributed by atoms with Crippen molar-refractivity contribution in [1.29, 1.82) is 0 Å². The van der Waals surface area contributed by atoms with Gasteiger partial charge in [0.25, 0.3) is 0 Å². The molecule has 2 aliphatic heterocycles. The fourth-order valence-corrected chi connectivity index (χ4v) is 5.53. The normalized spacial score (nSPS) is 22.7. The molecule has 0 saturated carbocycles. The Hall–Kier alpha value is -2.90. The third kappa shape index (κ3) is 5.27. The van der Waals surface area contributed by atoms with Gasteiger partial charge in [-0.1, -0.05) is 24.3 Å². The molecular formula is C29H39N3O4. The van der Waals surface area contributed by atoms with E-state index in [0.717, 1.165) is 48.6 Å². The molecule has 1 saturated heterocycles. The Morgan fingerprint density at radius 3 is 2.75 bits per heavy atom. The number of pyridine rings is 1. The topological polar surface area (TPSA) is 75.1 Å². The Kier molecular flexibility index (Phi) is 8.32. The molecule has 0 radical (unpaired) electrons. The molecule has 4 rings (SSSR count). The molecule has 7 nitrogen and oxygen atoms in total. The number of para-hydroxylation sites is 1. The van der Waals surface area contributed by atoms with E-state index in [9.17, 15) is 9.90 Å². The van der Waals surface area contributed by atoms with Gasteiger partial charge >= 0.3 is 5.97 Å². The van der Waals surface area contributed by atoms with Gasteiger partial charge in [-0.05, 0) is 69.9 Å². The maximum absolute atomic E-state index is 11.3. The summed E-state index contributed by atoms with van der Waals surface area (Å²) in [6.45, 7) is 11.8. The van der Waals surface area contributed by atoms with E-state index in [1.54, 1.807) is 0 Å². The third-order valence-corrected chi connectivity index (χ3v) is 7.50. The Bertz CT molecular complexity index is 1070. The molecule has 36 heavy (non-hydrogen) atoms. The highest BCUT2D eigenvalue weighted by Gasteiger charge is 2.53. The average molecular weight is 494 g/mol. The van der Waals surface area contributed by atoms with Crippen LogP contribution in [-0.4, -0.2) is 60.2 Å². The van der Waals surface area contributed by atoms with Crippen molar-refractivity contribution in [1.82, 2.24) is 4.98 Å². The first-order chi connectivity index (χ1) is 17.4. The van der Waals surface area contributed by atoms with Gasteiger partial charge in [0.15, 0.2) is 0 Å². The monoisotopic (exact) mass is 493 g/mol. The van der Waals surface area contributed by atoms with Crippen molar-refractivity contribution >= 4 is 23.4 Å². The van der Waals surface area contributed by atoms with Crippen LogP contribution in [0.3, 0.4) is 0 Å². The number of aryl methyl sites for hydroxylation is 1. The molecule has 3 unspecified atom stereocenters. The minimum Gasteiger partial charge on any atom is -0.481 e. The highest BCUT2D eigenvalue weighted by molar-refractivity contribution is 5.71. The van der Waals surface area contributed by atoms with E-state index in [-0.39, 0.29) is 24.3 Å². The van der Waals surface area contributed by atoms with Gasteiger partial charge in [-0.25, -0.2) is 0 Å². The second-order valence-corrected chi connectivity index (χ2v) is 9.68. The predicted octanol–water partition coefficient (Wildman–Crippen LogP) is 4.93. The van der Waals surface area contributed by atoms with Crippen molar-refractivity contribution < 1.29 is 19.4 Å². The highest BCUT2D eigenvalue weighted by atomic mass is 16.5. The fraction of sp³-hybridized carbons (Fsp3) is 0.517. The number of hydrogen-bond acceptors (Lipinski definition) is 6. The molecule has 1 N–H and O–H groups in total. The molecule has 2 aliphatic rings. The number of fused-ring (bicyclic) bond motifs is 3. The van der Waals surface area contributed by atoms with Gasteiger partial charge in [0.1, 0.15) is 12.3 Å². The van der Waals surface area contributed by atoms with Crippen LogP contribution in [-0.2, 0) is 27.1 Å². The number of benzene rings is 1. The SMILES string of the molecule is CCOCCC1(C)C(C=Cc2ccc(N(CC)CC)cn2)OC2Cc3cccc(CCC(=O)O)c3N21. The molecule has 3 atom stereocenters. The van der Waals surface area contributed by atoms with Gasteiger partial charge in [0.2, 0.25) is 0 Å². The number of carboxylic acids is 1. The molecule has 7 heteroatoms. The summed E-state index contributed by atoms with van der Waals surface area (Å²) in [5, 5.41) is 9.28. The zero-order chi connectivity index (χ0) is 25.7. The highest BCUT2D eigenvalue weighted by Crippen LogP contribution is 2.49. The fourth-order valence-electron chi connectivity index (χ4n) is 5.53. The zero-order valence-corrected chi connectivity index (χ0v) is 21.9. The number of rotatable bonds is 12. The van der Waals surface area contributed by atoms with Crippen LogP contribution in [0.2, 0.25) is 0 Å². The van der Waals surface area contributed by atoms with Crippen molar-refractivity contribution in [2.75, 3.05) is 36.1 Å². The van der Waals surface area contributed by atoms with Gasteiger partial charge in [-0.15, -0.1) is 0 Å². The van der Waals surface area contributed by atoms with Gasteiger partial charge in [0, 0.05) is 44.8 Å². The summed E-state index contributed by atoms with van der Waals surface area (Å²) in [6, 6.07) is 10.4. The predicted molar refractivity (Wildman–Crippen MR) is 144 cm³/mol. The van der Waals surface area contributed by atoms with Crippen molar-refractivity contribution in [3.8, 4) is 0 Å². The molecule has 2 aromatic rings. The van der Waals surface area contributed by atoms with Crippen LogP contribution in [0.25, 0.3) is 6.08 Å². The number of nitrogens with zero attached hydrogens (tertiary/aromatic N) is 3. The lowest BCUT2D eigenvalue weighted by atomic mass is 9.88. The first-order valence-electron chi connectivity index (χ1n) is 13.2. The lowest BCUT2D eigenvalue weighted by Gasteiger charge is -2.38. The van der Waals surface area contributed by atoms with E-state index < -0.39 is 5.97 Å². The number of carboxylic acid groups (broad SMARTS) is 1. The van der Waals surface area contributed by atoms with Crippen LogP contribution in [0.1, 0.15) is 57.4 Å². The first kappa shape index (κ1) is 26.2. The van der Waals surface area contributed by atoms with Gasteiger partial charge in [-0.2, -0.15) is 0 Å². The molecule has 1 aromatic carbocycles. The number of ether oxygens (including phenoxy) is 2. The summed E-state index contributed by atoms with van der Waals surface area (Å²) in [6.07, 6.45) is 8.10. The molecule has 1 fully saturated rings. The summed E-state index contributed by atoms with van der Waals surface area (Å²) in [5.41, 5.74) is 5.13. The van der Waals surface area contributed by atoms with Crippen LogP contribution in [0.5, 0.6) is 0 Å². The second-order valence-electron chi connectivity index (χ2n) is 9.68. The summed E-state index contributed by atoms with van der Waals surface area (Å²) in [4.78, 5) is 20.6. The van der Waals surface area contributed by atoms with E-state index in [2.05, 4.69) is 72.0 Å². The van der Waals surface area contributed by atoms with E-state index in [4.69, 9.17) is 9.47 Å². The Morgan fingerprint density at radius 2 is 2.08 bits per heavy atom. The van der Waals surface area contributed by atoms with Crippen molar-refractivity contribution in [3.05, 3.63) is 59.4 Å². The van der Waals surface area contributed by atoms with Crippen molar-refractivity contribution in [2.24, 2.45) is 0 Å². The smallest absolute Gasteiger partial charge is 0.303 e. The minimum atomic E-state index is -0.778. The van der Waals surface area contributed by atoms with Crippen LogP contribution in [0.4, 0.5) is 11.4 Å². The average Bonchev–Trinajstić information content (AvgIpc) is 3.37. The number of carbonyl (C=O) groups is 1. The lowest BCUT2D eigenvalue weighted by molar-refractivity contribution is -0.136. The van der Waals surface area contributed by atoms with Crippen LogP contribution in [0, 0.1) is 0 Å². The lowest BCUT2D eigenvalue weighted by Crippen LogP contribution is -2.49. The molecule has 0 spiro atoms. The maximum Gasteiger partial charge on any atom is 0.303 e. The van der Waals surface area contributed by atoms with Crippen molar-refractivity contribution in [3.63, 3.8) is 0 Å². The summed E-state index contributed by atoms with van der Waals surface area (Å²) >= 11 is 0. The first-order valence-corrected chi connectivity index (χ1v) is 13.2. The molecule has 0 bridgehead atoms. The van der Waals surface area contributed by atoms with E-state index in [0.29, 0.717) is 19.6 Å². The largest absolute Gasteiger partial charge is 0.481 e. The Balaban J connectivity index is 1.61. The summed E-state index contributed by atoms with van der Waals surface area (Å²) in [5.74, 6) is -0.778. The number of hydrogen-bond donors (Lipinski definition) is 1. The maximum atomic E-state index is 11.3. The van der Waals surface area contributed by atoms with E-state index >= 15 is 0 Å².